The van der Waals surface area contributed by atoms with Crippen LogP contribution in [0.5, 0.6) is 5.75 Å². The summed E-state index contributed by atoms with van der Waals surface area (Å²) in [6.07, 6.45) is 5.46. The zero-order valence-electron chi connectivity index (χ0n) is 37.5. The lowest BCUT2D eigenvalue weighted by Crippen LogP contribution is -2.48. The van der Waals surface area contributed by atoms with Crippen molar-refractivity contribution in [3.05, 3.63) is 149 Å². The van der Waals surface area contributed by atoms with Crippen molar-refractivity contribution in [1.29, 1.82) is 0 Å². The number of hydrogen-bond acceptors (Lipinski definition) is 9. The van der Waals surface area contributed by atoms with E-state index in [9.17, 15) is 24.0 Å². The van der Waals surface area contributed by atoms with Crippen molar-refractivity contribution in [2.75, 3.05) is 26.4 Å². The van der Waals surface area contributed by atoms with Gasteiger partial charge in [0.05, 0.1) is 6.61 Å². The quantitative estimate of drug-likeness (QED) is 0.0563. The number of carbonyl (C=O) groups excluding carboxylic acids is 5. The molecule has 5 aromatic carbocycles. The van der Waals surface area contributed by atoms with Gasteiger partial charge in [0.1, 0.15) is 25.0 Å². The highest BCUT2D eigenvalue weighted by Crippen LogP contribution is 2.46. The molecule has 0 unspecified atom stereocenters. The molecule has 0 bridgehead atoms. The molecule has 2 aliphatic carbocycles. The Kier molecular flexibility index (Phi) is 15.1. The molecule has 12 heteroatoms. The summed E-state index contributed by atoms with van der Waals surface area (Å²) in [4.78, 5) is 74.0. The van der Waals surface area contributed by atoms with Crippen LogP contribution in [0.15, 0.2) is 121 Å². The Morgan fingerprint density at radius 2 is 1.14 bits per heavy atom. The molecule has 0 spiro atoms. The molecule has 8 rings (SSSR count). The number of amides is 4. The number of nitrogens with zero attached hydrogens (tertiary/aromatic N) is 2. The van der Waals surface area contributed by atoms with E-state index < -0.39 is 36.0 Å². The molecule has 1 heterocycles. The van der Waals surface area contributed by atoms with Gasteiger partial charge in [-0.2, -0.15) is 0 Å². The van der Waals surface area contributed by atoms with Gasteiger partial charge in [0.15, 0.2) is 0 Å². The van der Waals surface area contributed by atoms with E-state index in [2.05, 4.69) is 24.4 Å². The minimum Gasteiger partial charge on any atom is -0.494 e. The maximum Gasteiger partial charge on any atom is 0.410 e. The standard InChI is InChI=1S/C54H57N3O9/c1-2-3-4-5-6-15-33-63-38-28-26-37(27-29-38)34-56(54(62)65-36-48-45-23-13-9-19-41(45)42-20-10-14-24-46(42)48)49(52(60)66-57-50(58)30-31-51(57)59)25-16-32-55-53(61)64-35-47-43-21-11-7-17-39(43)40-18-8-12-22-44(40)47/h7-14,17-24,26-29,47-49H,2-6,15-16,25,30-36H2,1H3,(H,55,61)/t49-/m0/s1. The van der Waals surface area contributed by atoms with Gasteiger partial charge in [-0.15, -0.1) is 5.06 Å². The lowest BCUT2D eigenvalue weighted by molar-refractivity contribution is -0.201. The van der Waals surface area contributed by atoms with Gasteiger partial charge < -0.3 is 24.4 Å². The van der Waals surface area contributed by atoms with E-state index in [0.29, 0.717) is 23.0 Å². The average molecular weight is 892 g/mol. The molecule has 3 aliphatic rings. The Morgan fingerprint density at radius 3 is 1.68 bits per heavy atom. The molecule has 5 aromatic rings. The molecule has 12 nitrogen and oxygen atoms in total. The van der Waals surface area contributed by atoms with Crippen molar-refractivity contribution < 1.29 is 43.0 Å². The Morgan fingerprint density at radius 1 is 0.636 bits per heavy atom. The van der Waals surface area contributed by atoms with Crippen LogP contribution in [-0.2, 0) is 35.2 Å². The lowest BCUT2D eigenvalue weighted by atomic mass is 9.98. The highest BCUT2D eigenvalue weighted by Gasteiger charge is 2.39. The number of hydroxylamine groups is 2. The van der Waals surface area contributed by atoms with Crippen LogP contribution in [0.1, 0.15) is 111 Å². The third-order valence-corrected chi connectivity index (χ3v) is 12.7. The van der Waals surface area contributed by atoms with Crippen molar-refractivity contribution in [2.45, 2.75) is 95.6 Å². The molecule has 0 aromatic heterocycles. The van der Waals surface area contributed by atoms with Gasteiger partial charge >= 0.3 is 18.2 Å². The summed E-state index contributed by atoms with van der Waals surface area (Å²) in [5.74, 6) is -1.96. The van der Waals surface area contributed by atoms with Crippen LogP contribution >= 0.6 is 0 Å². The topological polar surface area (TPSA) is 141 Å². The highest BCUT2D eigenvalue weighted by molar-refractivity contribution is 6.02. The van der Waals surface area contributed by atoms with Crippen molar-refractivity contribution in [3.8, 4) is 28.0 Å². The minimum atomic E-state index is -1.32. The van der Waals surface area contributed by atoms with Gasteiger partial charge in [-0.3, -0.25) is 14.5 Å². The number of fused-ring (bicyclic) bond motifs is 6. The number of alkyl carbamates (subject to hydrolysis) is 1. The SMILES string of the molecule is CCCCCCCCOc1ccc(CN(C(=O)OCC2c3ccccc3-c3ccccc32)[C@@H](CCCNC(=O)OCC2c3ccccc3-c3ccccc32)C(=O)ON2C(=O)CCC2=O)cc1. The first-order valence-electron chi connectivity index (χ1n) is 23.3. The van der Waals surface area contributed by atoms with Gasteiger partial charge in [-0.1, -0.05) is 148 Å². The van der Waals surface area contributed by atoms with E-state index in [1.54, 1.807) is 0 Å². The molecule has 0 radical (unpaired) electrons. The summed E-state index contributed by atoms with van der Waals surface area (Å²) in [6.45, 7) is 2.92. The molecule has 1 fully saturated rings. The first-order chi connectivity index (χ1) is 32.3. The average Bonchev–Trinajstić information content (AvgIpc) is 3.96. The van der Waals surface area contributed by atoms with E-state index in [4.69, 9.17) is 19.0 Å². The molecule has 4 amide bonds. The third kappa shape index (κ3) is 10.6. The monoisotopic (exact) mass is 891 g/mol. The normalized spacial score (nSPS) is 14.2. The smallest absolute Gasteiger partial charge is 0.410 e. The first-order valence-corrected chi connectivity index (χ1v) is 23.3. The zero-order valence-corrected chi connectivity index (χ0v) is 37.5. The summed E-state index contributed by atoms with van der Waals surface area (Å²) >= 11 is 0. The zero-order chi connectivity index (χ0) is 45.8. The predicted octanol–water partition coefficient (Wildman–Crippen LogP) is 10.5. The molecule has 0 saturated carbocycles. The van der Waals surface area contributed by atoms with Crippen molar-refractivity contribution in [3.63, 3.8) is 0 Å². The summed E-state index contributed by atoms with van der Waals surface area (Å²) in [6, 6.07) is 38.2. The maximum absolute atomic E-state index is 14.5. The number of hydrogen-bond donors (Lipinski definition) is 1. The summed E-state index contributed by atoms with van der Waals surface area (Å²) in [5.41, 5.74) is 9.27. The second kappa shape index (κ2) is 21.8. The number of imide groups is 1. The highest BCUT2D eigenvalue weighted by atomic mass is 16.7. The predicted molar refractivity (Wildman–Crippen MR) is 249 cm³/mol. The fraction of sp³-hybridized carbons (Fsp3) is 0.352. The van der Waals surface area contributed by atoms with Crippen LogP contribution in [0.25, 0.3) is 22.3 Å². The third-order valence-electron chi connectivity index (χ3n) is 12.7. The van der Waals surface area contributed by atoms with Gasteiger partial charge in [-0.05, 0) is 81.5 Å². The number of benzene rings is 5. The van der Waals surface area contributed by atoms with E-state index in [-0.39, 0.29) is 63.8 Å². The molecule has 66 heavy (non-hydrogen) atoms. The minimum absolute atomic E-state index is 0.0111. The van der Waals surface area contributed by atoms with Gasteiger partial charge in [0.25, 0.3) is 11.8 Å². The van der Waals surface area contributed by atoms with Gasteiger partial charge in [0, 0.05) is 37.8 Å². The van der Waals surface area contributed by atoms with Crippen molar-refractivity contribution >= 4 is 30.0 Å². The summed E-state index contributed by atoms with van der Waals surface area (Å²) in [5, 5.41) is 3.28. The molecule has 342 valence electrons. The fourth-order valence-electron chi connectivity index (χ4n) is 9.28. The maximum atomic E-state index is 14.5. The summed E-state index contributed by atoms with van der Waals surface area (Å²) in [7, 11) is 0. The van der Waals surface area contributed by atoms with E-state index in [1.807, 2.05) is 109 Å². The fourth-order valence-corrected chi connectivity index (χ4v) is 9.28. The summed E-state index contributed by atoms with van der Waals surface area (Å²) < 4.78 is 17.9. The number of unbranched alkanes of at least 4 members (excludes halogenated alkanes) is 5. The van der Waals surface area contributed by atoms with Crippen LogP contribution in [-0.4, -0.2) is 72.3 Å². The van der Waals surface area contributed by atoms with Crippen LogP contribution in [0.2, 0.25) is 0 Å². The molecular weight excluding hydrogens is 835 g/mol. The van der Waals surface area contributed by atoms with Crippen molar-refractivity contribution in [2.24, 2.45) is 0 Å². The van der Waals surface area contributed by atoms with E-state index >= 15 is 0 Å². The second-order valence-electron chi connectivity index (χ2n) is 17.1. The van der Waals surface area contributed by atoms with Gasteiger partial charge in [0.2, 0.25) is 0 Å². The lowest BCUT2D eigenvalue weighted by Gasteiger charge is -2.31. The van der Waals surface area contributed by atoms with Crippen molar-refractivity contribution in [1.82, 2.24) is 15.3 Å². The van der Waals surface area contributed by atoms with E-state index in [1.165, 1.54) is 30.6 Å². The molecule has 1 aliphatic heterocycles. The molecule has 1 saturated heterocycles. The molecule has 1 atom stereocenters. The van der Waals surface area contributed by atoms with E-state index in [0.717, 1.165) is 57.3 Å². The van der Waals surface area contributed by atoms with Crippen LogP contribution in [0.4, 0.5) is 9.59 Å². The van der Waals surface area contributed by atoms with Crippen LogP contribution < -0.4 is 10.1 Å². The number of ether oxygens (including phenoxy) is 3. The Bertz CT molecular complexity index is 2420. The molecular formula is C54H57N3O9. The Labute approximate surface area is 386 Å². The first kappa shape index (κ1) is 45.6. The second-order valence-corrected chi connectivity index (χ2v) is 17.1. The Hall–Kier alpha value is -6.95. The largest absolute Gasteiger partial charge is 0.494 e. The van der Waals surface area contributed by atoms with Crippen LogP contribution in [0.3, 0.4) is 0 Å². The number of rotatable bonds is 21. The Balaban J connectivity index is 0.973. The van der Waals surface area contributed by atoms with Crippen LogP contribution in [0, 0.1) is 0 Å². The molecule has 1 N–H and O–H groups in total. The van der Waals surface area contributed by atoms with Gasteiger partial charge in [-0.25, -0.2) is 14.4 Å². The number of nitrogens with one attached hydrogen (secondary N) is 1. The number of carbonyl (C=O) groups is 5.